The van der Waals surface area contributed by atoms with E-state index in [2.05, 4.69) is 9.88 Å². The minimum atomic E-state index is -0.551. The van der Waals surface area contributed by atoms with Gasteiger partial charge >= 0.3 is 0 Å². The summed E-state index contributed by atoms with van der Waals surface area (Å²) in [4.78, 5) is 31.7. The molecule has 0 atom stereocenters. The average molecular weight is 346 g/mol. The molecule has 2 N–H and O–H groups in total. The fraction of sp³-hybridized carbons (Fsp3) is 0.312. The second-order valence-electron chi connectivity index (χ2n) is 5.38. The summed E-state index contributed by atoms with van der Waals surface area (Å²) in [5.41, 5.74) is 5.60. The number of ether oxygens (including phenoxy) is 1. The Morgan fingerprint density at radius 2 is 2.04 bits per heavy atom. The summed E-state index contributed by atoms with van der Waals surface area (Å²) in [5.74, 6) is -0.135. The van der Waals surface area contributed by atoms with Gasteiger partial charge in [-0.05, 0) is 18.2 Å². The zero-order valence-corrected chi connectivity index (χ0v) is 13.9. The molecule has 2 heterocycles. The van der Waals surface area contributed by atoms with Crippen molar-refractivity contribution in [1.29, 1.82) is 0 Å². The Balaban J connectivity index is 1.61. The fourth-order valence-corrected chi connectivity index (χ4v) is 3.23. The standard InChI is InChI=1S/C16H18N4O3S/c17-14(21)11-23-13-3-1-2-12(10-13)15(22)19-5-7-20(8-6-19)16-18-4-9-24-16/h1-4,9-10H,5-8,11H2,(H2,17,21). The maximum Gasteiger partial charge on any atom is 0.255 e. The Bertz CT molecular complexity index is 712. The molecule has 7 nitrogen and oxygen atoms in total. The third-order valence-corrected chi connectivity index (χ3v) is 4.55. The van der Waals surface area contributed by atoms with Crippen molar-refractivity contribution in [3.8, 4) is 5.75 Å². The summed E-state index contributed by atoms with van der Waals surface area (Å²) in [5, 5.41) is 2.94. The largest absolute Gasteiger partial charge is 0.484 e. The molecule has 1 fully saturated rings. The molecular weight excluding hydrogens is 328 g/mol. The van der Waals surface area contributed by atoms with Gasteiger partial charge < -0.3 is 20.3 Å². The van der Waals surface area contributed by atoms with E-state index < -0.39 is 5.91 Å². The van der Waals surface area contributed by atoms with Crippen molar-refractivity contribution in [3.05, 3.63) is 41.4 Å². The molecular formula is C16H18N4O3S. The number of amides is 2. The lowest BCUT2D eigenvalue weighted by Crippen LogP contribution is -2.48. The number of anilines is 1. The van der Waals surface area contributed by atoms with Crippen molar-refractivity contribution in [3.63, 3.8) is 0 Å². The average Bonchev–Trinajstić information content (AvgIpc) is 3.14. The number of hydrogen-bond donors (Lipinski definition) is 1. The quantitative estimate of drug-likeness (QED) is 0.871. The van der Waals surface area contributed by atoms with Gasteiger partial charge in [0.2, 0.25) is 0 Å². The number of carbonyl (C=O) groups is 2. The molecule has 1 aliphatic heterocycles. The van der Waals surface area contributed by atoms with E-state index in [0.29, 0.717) is 24.4 Å². The van der Waals surface area contributed by atoms with Crippen molar-refractivity contribution in [1.82, 2.24) is 9.88 Å². The normalized spacial score (nSPS) is 14.5. The summed E-state index contributed by atoms with van der Waals surface area (Å²) >= 11 is 1.60. The van der Waals surface area contributed by atoms with Gasteiger partial charge in [0.05, 0.1) is 0 Å². The van der Waals surface area contributed by atoms with E-state index in [4.69, 9.17) is 10.5 Å². The number of carbonyl (C=O) groups excluding carboxylic acids is 2. The molecule has 24 heavy (non-hydrogen) atoms. The highest BCUT2D eigenvalue weighted by Crippen LogP contribution is 2.20. The summed E-state index contributed by atoms with van der Waals surface area (Å²) in [6.07, 6.45) is 1.79. The SMILES string of the molecule is NC(=O)COc1cccc(C(=O)N2CCN(c3nccs3)CC2)c1. The summed E-state index contributed by atoms with van der Waals surface area (Å²) < 4.78 is 5.25. The number of benzene rings is 1. The zero-order chi connectivity index (χ0) is 16.9. The number of nitrogens with zero attached hydrogens (tertiary/aromatic N) is 3. The van der Waals surface area contributed by atoms with Crippen LogP contribution in [-0.2, 0) is 4.79 Å². The van der Waals surface area contributed by atoms with E-state index in [1.54, 1.807) is 41.8 Å². The van der Waals surface area contributed by atoms with Crippen molar-refractivity contribution >= 4 is 28.3 Å². The van der Waals surface area contributed by atoms with Crippen LogP contribution in [-0.4, -0.2) is 54.5 Å². The van der Waals surface area contributed by atoms with Gasteiger partial charge in [0.1, 0.15) is 5.75 Å². The molecule has 0 spiro atoms. The minimum absolute atomic E-state index is 0.0432. The Morgan fingerprint density at radius 1 is 1.25 bits per heavy atom. The predicted molar refractivity (Wildman–Crippen MR) is 91.4 cm³/mol. The molecule has 1 aromatic carbocycles. The van der Waals surface area contributed by atoms with Gasteiger partial charge in [-0.1, -0.05) is 6.07 Å². The highest BCUT2D eigenvalue weighted by molar-refractivity contribution is 7.13. The van der Waals surface area contributed by atoms with Crippen molar-refractivity contribution < 1.29 is 14.3 Å². The molecule has 3 rings (SSSR count). The monoisotopic (exact) mass is 346 g/mol. The third kappa shape index (κ3) is 3.83. The first-order valence-electron chi connectivity index (χ1n) is 7.58. The Labute approximate surface area is 143 Å². The number of hydrogen-bond acceptors (Lipinski definition) is 6. The Kier molecular flexibility index (Phi) is 4.95. The molecule has 0 bridgehead atoms. The zero-order valence-electron chi connectivity index (χ0n) is 13.1. The Hall–Kier alpha value is -2.61. The lowest BCUT2D eigenvalue weighted by Gasteiger charge is -2.34. The Morgan fingerprint density at radius 3 is 2.71 bits per heavy atom. The summed E-state index contributed by atoms with van der Waals surface area (Å²) in [6, 6.07) is 6.81. The van der Waals surface area contributed by atoms with Gasteiger partial charge in [-0.3, -0.25) is 9.59 Å². The number of aromatic nitrogens is 1. The third-order valence-electron chi connectivity index (χ3n) is 3.72. The van der Waals surface area contributed by atoms with Crippen LogP contribution in [0.3, 0.4) is 0 Å². The maximum absolute atomic E-state index is 12.6. The van der Waals surface area contributed by atoms with Gasteiger partial charge in [-0.15, -0.1) is 11.3 Å². The van der Waals surface area contributed by atoms with Crippen molar-refractivity contribution in [2.24, 2.45) is 5.73 Å². The van der Waals surface area contributed by atoms with Gasteiger partial charge in [-0.2, -0.15) is 0 Å². The number of nitrogens with two attached hydrogens (primary N) is 1. The minimum Gasteiger partial charge on any atom is -0.484 e. The van der Waals surface area contributed by atoms with Gasteiger partial charge in [-0.25, -0.2) is 4.98 Å². The van der Waals surface area contributed by atoms with Crippen LogP contribution in [0.2, 0.25) is 0 Å². The van der Waals surface area contributed by atoms with E-state index in [0.717, 1.165) is 18.2 Å². The van der Waals surface area contributed by atoms with Crippen LogP contribution in [0.4, 0.5) is 5.13 Å². The topological polar surface area (TPSA) is 88.8 Å². The van der Waals surface area contributed by atoms with Crippen LogP contribution in [0.25, 0.3) is 0 Å². The van der Waals surface area contributed by atoms with Crippen LogP contribution >= 0.6 is 11.3 Å². The smallest absolute Gasteiger partial charge is 0.255 e. The molecule has 0 unspecified atom stereocenters. The second kappa shape index (κ2) is 7.31. The van der Waals surface area contributed by atoms with Gasteiger partial charge in [0.15, 0.2) is 11.7 Å². The first kappa shape index (κ1) is 16.3. The molecule has 8 heteroatoms. The maximum atomic E-state index is 12.6. The van der Waals surface area contributed by atoms with Crippen LogP contribution in [0, 0.1) is 0 Å². The first-order chi connectivity index (χ1) is 11.6. The molecule has 1 saturated heterocycles. The molecule has 1 aliphatic rings. The lowest BCUT2D eigenvalue weighted by molar-refractivity contribution is -0.119. The number of primary amides is 1. The van der Waals surface area contributed by atoms with Crippen LogP contribution in [0.5, 0.6) is 5.75 Å². The molecule has 126 valence electrons. The first-order valence-corrected chi connectivity index (χ1v) is 8.46. The van der Waals surface area contributed by atoms with Crippen molar-refractivity contribution in [2.75, 3.05) is 37.7 Å². The summed E-state index contributed by atoms with van der Waals surface area (Å²) in [7, 11) is 0. The molecule has 0 saturated carbocycles. The van der Waals surface area contributed by atoms with E-state index in [9.17, 15) is 9.59 Å². The molecule has 1 aromatic heterocycles. The van der Waals surface area contributed by atoms with Gasteiger partial charge in [0, 0.05) is 43.3 Å². The van der Waals surface area contributed by atoms with E-state index in [-0.39, 0.29) is 12.5 Å². The number of rotatable bonds is 5. The van der Waals surface area contributed by atoms with Crippen LogP contribution in [0.15, 0.2) is 35.8 Å². The summed E-state index contributed by atoms with van der Waals surface area (Å²) in [6.45, 7) is 2.61. The lowest BCUT2D eigenvalue weighted by atomic mass is 10.1. The van der Waals surface area contributed by atoms with E-state index >= 15 is 0 Å². The highest BCUT2D eigenvalue weighted by Gasteiger charge is 2.23. The van der Waals surface area contributed by atoms with E-state index in [1.165, 1.54) is 0 Å². The molecule has 0 radical (unpaired) electrons. The van der Waals surface area contributed by atoms with Crippen LogP contribution in [0.1, 0.15) is 10.4 Å². The second-order valence-corrected chi connectivity index (χ2v) is 6.25. The molecule has 0 aliphatic carbocycles. The van der Waals surface area contributed by atoms with E-state index in [1.807, 2.05) is 10.3 Å². The fourth-order valence-electron chi connectivity index (χ4n) is 2.53. The number of thiazole rings is 1. The van der Waals surface area contributed by atoms with Crippen LogP contribution < -0.4 is 15.4 Å². The van der Waals surface area contributed by atoms with Crippen molar-refractivity contribution in [2.45, 2.75) is 0 Å². The molecule has 2 aromatic rings. The van der Waals surface area contributed by atoms with Gasteiger partial charge in [0.25, 0.3) is 11.8 Å². The molecule has 2 amide bonds. The highest BCUT2D eigenvalue weighted by atomic mass is 32.1. The predicted octanol–water partition coefficient (Wildman–Crippen LogP) is 0.970. The number of piperazine rings is 1.